The Morgan fingerprint density at radius 1 is 0.489 bits per heavy atom. The summed E-state index contributed by atoms with van der Waals surface area (Å²) in [7, 11) is 2.89. The molecule has 47 heavy (non-hydrogen) atoms. The SMILES string of the molecule is COC(=O)CCCCCCCCCCOc1ccc(-c2nnc(-c3ccc(OCCCCCCCCCCC(=O)OC)cc3)s2)cc1. The maximum Gasteiger partial charge on any atom is 0.305 e. The molecule has 0 amide bonds. The standard InChI is InChI=1S/C38H54N2O6S/c1-43-35(41)19-15-11-7-3-5-9-13-17-29-45-33-25-21-31(22-26-33)37-39-40-38(47-37)32-23-27-34(28-24-32)46-30-18-14-10-6-4-8-12-16-20-36(42)44-2/h21-28H,3-20,29-30H2,1-2H3. The van der Waals surface area contributed by atoms with Crippen LogP contribution in [0.2, 0.25) is 0 Å². The quantitative estimate of drug-likeness (QED) is 0.0617. The second-order valence-corrected chi connectivity index (χ2v) is 12.9. The topological polar surface area (TPSA) is 96.8 Å². The van der Waals surface area contributed by atoms with Gasteiger partial charge in [0.1, 0.15) is 21.5 Å². The summed E-state index contributed by atoms with van der Waals surface area (Å²) in [5, 5.41) is 10.6. The second-order valence-electron chi connectivity index (χ2n) is 12.0. The largest absolute Gasteiger partial charge is 0.494 e. The molecule has 0 bridgehead atoms. The maximum atomic E-state index is 11.1. The fourth-order valence-corrected chi connectivity index (χ4v) is 6.15. The van der Waals surface area contributed by atoms with E-state index in [2.05, 4.69) is 19.7 Å². The molecule has 258 valence electrons. The predicted molar refractivity (Wildman–Crippen MR) is 189 cm³/mol. The van der Waals surface area contributed by atoms with Crippen LogP contribution in [-0.4, -0.2) is 49.6 Å². The van der Waals surface area contributed by atoms with Crippen LogP contribution in [0.1, 0.15) is 116 Å². The van der Waals surface area contributed by atoms with Gasteiger partial charge in [0.05, 0.1) is 27.4 Å². The van der Waals surface area contributed by atoms with Gasteiger partial charge in [-0.2, -0.15) is 0 Å². The lowest BCUT2D eigenvalue weighted by molar-refractivity contribution is -0.141. The third kappa shape index (κ3) is 16.3. The molecule has 0 saturated heterocycles. The molecule has 0 radical (unpaired) electrons. The van der Waals surface area contributed by atoms with Gasteiger partial charge in [-0.25, -0.2) is 0 Å². The highest BCUT2D eigenvalue weighted by atomic mass is 32.1. The zero-order valence-corrected chi connectivity index (χ0v) is 29.3. The van der Waals surface area contributed by atoms with Crippen LogP contribution in [0, 0.1) is 0 Å². The minimum absolute atomic E-state index is 0.106. The first kappa shape index (κ1) is 38.0. The van der Waals surface area contributed by atoms with E-state index in [0.29, 0.717) is 12.8 Å². The lowest BCUT2D eigenvalue weighted by Crippen LogP contribution is -1.99. The molecule has 0 atom stereocenters. The van der Waals surface area contributed by atoms with Gasteiger partial charge in [-0.1, -0.05) is 88.4 Å². The summed E-state index contributed by atoms with van der Waals surface area (Å²) >= 11 is 1.58. The van der Waals surface area contributed by atoms with E-state index in [1.54, 1.807) is 11.3 Å². The van der Waals surface area contributed by atoms with Gasteiger partial charge in [0, 0.05) is 24.0 Å². The van der Waals surface area contributed by atoms with Gasteiger partial charge in [0.2, 0.25) is 0 Å². The van der Waals surface area contributed by atoms with Crippen LogP contribution in [0.5, 0.6) is 11.5 Å². The molecule has 0 fully saturated rings. The Hall–Kier alpha value is -3.46. The molecule has 2 aromatic carbocycles. The van der Waals surface area contributed by atoms with Crippen molar-refractivity contribution in [2.45, 2.75) is 116 Å². The number of esters is 2. The molecule has 3 rings (SSSR count). The lowest BCUT2D eigenvalue weighted by atomic mass is 10.1. The van der Waals surface area contributed by atoms with Gasteiger partial charge in [0.15, 0.2) is 0 Å². The second kappa shape index (κ2) is 23.8. The first-order valence-corrected chi connectivity index (χ1v) is 18.3. The van der Waals surface area contributed by atoms with Gasteiger partial charge in [0.25, 0.3) is 0 Å². The first-order valence-electron chi connectivity index (χ1n) is 17.5. The molecule has 0 spiro atoms. The Kier molecular flexibility index (Phi) is 19.2. The normalized spacial score (nSPS) is 10.9. The molecule has 3 aromatic rings. The van der Waals surface area contributed by atoms with Crippen molar-refractivity contribution in [2.75, 3.05) is 27.4 Å². The van der Waals surface area contributed by atoms with E-state index < -0.39 is 0 Å². The zero-order chi connectivity index (χ0) is 33.4. The number of methoxy groups -OCH3 is 2. The van der Waals surface area contributed by atoms with Crippen molar-refractivity contribution in [3.05, 3.63) is 48.5 Å². The zero-order valence-electron chi connectivity index (χ0n) is 28.5. The Bertz CT molecular complexity index is 1170. The van der Waals surface area contributed by atoms with Crippen LogP contribution in [-0.2, 0) is 19.1 Å². The van der Waals surface area contributed by atoms with Crippen LogP contribution in [0.4, 0.5) is 0 Å². The van der Waals surface area contributed by atoms with Crippen molar-refractivity contribution in [3.63, 3.8) is 0 Å². The Morgan fingerprint density at radius 3 is 1.15 bits per heavy atom. The Morgan fingerprint density at radius 2 is 0.809 bits per heavy atom. The average Bonchev–Trinajstić information content (AvgIpc) is 3.60. The fourth-order valence-electron chi connectivity index (χ4n) is 5.29. The summed E-state index contributed by atoms with van der Waals surface area (Å²) in [6.07, 6.45) is 19.3. The molecule has 1 heterocycles. The Balaban J connectivity index is 1.24. The monoisotopic (exact) mass is 666 g/mol. The first-order chi connectivity index (χ1) is 23.1. The third-order valence-corrected chi connectivity index (χ3v) is 9.19. The summed E-state index contributed by atoms with van der Waals surface area (Å²) in [4.78, 5) is 22.2. The average molecular weight is 667 g/mol. The number of nitrogens with zero attached hydrogens (tertiary/aromatic N) is 2. The number of hydrogen-bond donors (Lipinski definition) is 0. The molecule has 1 aromatic heterocycles. The molecule has 0 aliphatic rings. The van der Waals surface area contributed by atoms with Crippen molar-refractivity contribution in [2.24, 2.45) is 0 Å². The van der Waals surface area contributed by atoms with Crippen LogP contribution < -0.4 is 9.47 Å². The number of aromatic nitrogens is 2. The van der Waals surface area contributed by atoms with Gasteiger partial charge >= 0.3 is 11.9 Å². The van der Waals surface area contributed by atoms with Crippen LogP contribution in [0.25, 0.3) is 21.1 Å². The van der Waals surface area contributed by atoms with Gasteiger partial charge in [-0.05, 0) is 74.2 Å². The van der Waals surface area contributed by atoms with Gasteiger partial charge < -0.3 is 18.9 Å². The summed E-state index contributed by atoms with van der Waals surface area (Å²) in [5.74, 6) is 1.54. The van der Waals surface area contributed by atoms with Crippen molar-refractivity contribution < 1.29 is 28.5 Å². The molecule has 0 aliphatic heterocycles. The van der Waals surface area contributed by atoms with E-state index in [4.69, 9.17) is 9.47 Å². The molecule has 0 saturated carbocycles. The maximum absolute atomic E-state index is 11.1. The summed E-state index contributed by atoms with van der Waals surface area (Å²) < 4.78 is 21.3. The third-order valence-electron chi connectivity index (χ3n) is 8.17. The number of carbonyl (C=O) groups is 2. The number of unbranched alkanes of at least 4 members (excludes halogenated alkanes) is 14. The van der Waals surface area contributed by atoms with Crippen molar-refractivity contribution >= 4 is 23.3 Å². The number of rotatable bonds is 26. The van der Waals surface area contributed by atoms with E-state index >= 15 is 0 Å². The fraction of sp³-hybridized carbons (Fsp3) is 0.579. The molecular weight excluding hydrogens is 612 g/mol. The highest BCUT2D eigenvalue weighted by molar-refractivity contribution is 7.17. The van der Waals surface area contributed by atoms with E-state index in [9.17, 15) is 9.59 Å². The van der Waals surface area contributed by atoms with E-state index in [1.807, 2.05) is 48.5 Å². The number of hydrogen-bond acceptors (Lipinski definition) is 9. The van der Waals surface area contributed by atoms with E-state index in [-0.39, 0.29) is 11.9 Å². The highest BCUT2D eigenvalue weighted by Crippen LogP contribution is 2.31. The molecule has 0 unspecified atom stereocenters. The smallest absolute Gasteiger partial charge is 0.305 e. The highest BCUT2D eigenvalue weighted by Gasteiger charge is 2.10. The Labute approximate surface area is 285 Å². The lowest BCUT2D eigenvalue weighted by Gasteiger charge is -2.07. The summed E-state index contributed by atoms with van der Waals surface area (Å²) in [6.45, 7) is 1.45. The minimum Gasteiger partial charge on any atom is -0.494 e. The summed E-state index contributed by atoms with van der Waals surface area (Å²) in [6, 6.07) is 16.2. The minimum atomic E-state index is -0.106. The van der Waals surface area contributed by atoms with Crippen molar-refractivity contribution in [1.29, 1.82) is 0 Å². The van der Waals surface area contributed by atoms with Gasteiger partial charge in [-0.15, -0.1) is 10.2 Å². The predicted octanol–water partition coefficient (Wildman–Crippen LogP) is 10.00. The molecule has 0 N–H and O–H groups in total. The van der Waals surface area contributed by atoms with Gasteiger partial charge in [-0.3, -0.25) is 9.59 Å². The van der Waals surface area contributed by atoms with Crippen molar-refractivity contribution in [3.8, 4) is 32.6 Å². The number of benzene rings is 2. The molecule has 9 heteroatoms. The van der Waals surface area contributed by atoms with Crippen LogP contribution in [0.15, 0.2) is 48.5 Å². The summed E-state index contributed by atoms with van der Waals surface area (Å²) in [5.41, 5.74) is 2.07. The van der Waals surface area contributed by atoms with Crippen LogP contribution in [0.3, 0.4) is 0 Å². The molecule has 0 aliphatic carbocycles. The number of ether oxygens (including phenoxy) is 4. The molecule has 8 nitrogen and oxygen atoms in total. The van der Waals surface area contributed by atoms with Crippen molar-refractivity contribution in [1.82, 2.24) is 10.2 Å². The number of carbonyl (C=O) groups excluding carboxylic acids is 2. The van der Waals surface area contributed by atoms with E-state index in [1.165, 1.54) is 78.4 Å². The van der Waals surface area contributed by atoms with E-state index in [0.717, 1.165) is 84.4 Å². The van der Waals surface area contributed by atoms with Crippen LogP contribution >= 0.6 is 11.3 Å². The molecular formula is C38H54N2O6S.